The Bertz CT molecular complexity index is 2040. The molecular weight excluding hydrogens is 761 g/mol. The van der Waals surface area contributed by atoms with Gasteiger partial charge in [0.1, 0.15) is 5.75 Å². The Balaban J connectivity index is 1.41. The summed E-state index contributed by atoms with van der Waals surface area (Å²) in [5.41, 5.74) is 3.13. The lowest BCUT2D eigenvalue weighted by Crippen LogP contribution is -2.56. The van der Waals surface area contributed by atoms with E-state index in [1.165, 1.54) is 0 Å². The summed E-state index contributed by atoms with van der Waals surface area (Å²) >= 11 is 0. The number of amides is 5. The molecule has 0 bridgehead atoms. The Morgan fingerprint density at radius 2 is 1.55 bits per heavy atom. The van der Waals surface area contributed by atoms with Gasteiger partial charge in [0.25, 0.3) is 0 Å². The summed E-state index contributed by atoms with van der Waals surface area (Å²) in [6.45, 7) is 10.1. The molecule has 5 rings (SSSR count). The number of benzene rings is 3. The molecular formula is C47H60N6O7. The minimum Gasteiger partial charge on any atom is -0.496 e. The van der Waals surface area contributed by atoms with Crippen molar-refractivity contribution in [1.82, 2.24) is 31.2 Å². The van der Waals surface area contributed by atoms with Gasteiger partial charge >= 0.3 is 12.1 Å². The maximum Gasteiger partial charge on any atom is 0.404 e. The molecule has 1 saturated heterocycles. The molecule has 4 aromatic rings. The van der Waals surface area contributed by atoms with Crippen molar-refractivity contribution in [3.8, 4) is 17.0 Å². The standard InChI is InChI=1S/C47H60N6O7/c1-46(2,3)42(38-28-49-44(57)53(38)29-34-16-10-11-18-40(34)60-6)43(56)52-37(25-31-14-8-7-9-15-31)39(54)26-35(51-41(55)27-47(4,5)30-50-45(58)59)24-32-19-21-33(22-20-32)36-17-12-13-23-48-36/h7-23,35,37-39,42,50,54H,24-30H2,1-6H3,(H,49,57)(H,51,55)(H,52,56)(H,58,59). The van der Waals surface area contributed by atoms with Crippen molar-refractivity contribution in [2.75, 3.05) is 20.2 Å². The fourth-order valence-corrected chi connectivity index (χ4v) is 8.00. The van der Waals surface area contributed by atoms with Gasteiger partial charge in [-0.15, -0.1) is 0 Å². The van der Waals surface area contributed by atoms with Crippen LogP contribution in [0.1, 0.15) is 64.2 Å². The van der Waals surface area contributed by atoms with Crippen LogP contribution >= 0.6 is 0 Å². The number of methoxy groups -OCH3 is 1. The topological polar surface area (TPSA) is 182 Å². The van der Waals surface area contributed by atoms with Crippen LogP contribution in [0.2, 0.25) is 0 Å². The summed E-state index contributed by atoms with van der Waals surface area (Å²) in [6.07, 6.45) is 0.286. The van der Waals surface area contributed by atoms with E-state index in [4.69, 9.17) is 4.74 Å². The third-order valence-electron chi connectivity index (χ3n) is 11.0. The number of hydrogen-bond donors (Lipinski definition) is 6. The molecule has 1 aliphatic rings. The zero-order chi connectivity index (χ0) is 43.5. The zero-order valence-corrected chi connectivity index (χ0v) is 35.5. The van der Waals surface area contributed by atoms with Gasteiger partial charge in [0.05, 0.1) is 43.5 Å². The first-order valence-electron chi connectivity index (χ1n) is 20.5. The fraction of sp³-hybridized carbons (Fsp3) is 0.426. The number of carboxylic acid groups (broad SMARTS) is 1. The van der Waals surface area contributed by atoms with Gasteiger partial charge in [0.15, 0.2) is 0 Å². The van der Waals surface area contributed by atoms with E-state index in [9.17, 15) is 29.4 Å². The quantitative estimate of drug-likeness (QED) is 0.0647. The van der Waals surface area contributed by atoms with Crippen molar-refractivity contribution >= 4 is 23.9 Å². The van der Waals surface area contributed by atoms with Crippen LogP contribution in [0.25, 0.3) is 11.3 Å². The van der Waals surface area contributed by atoms with Gasteiger partial charge in [-0.05, 0) is 59.4 Å². The Morgan fingerprint density at radius 1 is 0.883 bits per heavy atom. The molecule has 5 atom stereocenters. The predicted octanol–water partition coefficient (Wildman–Crippen LogP) is 6.20. The second kappa shape index (κ2) is 20.3. The summed E-state index contributed by atoms with van der Waals surface area (Å²) in [5.74, 6) is -0.622. The Morgan fingerprint density at radius 3 is 2.20 bits per heavy atom. The minimum absolute atomic E-state index is 0.0371. The number of nitrogens with zero attached hydrogens (tertiary/aromatic N) is 2. The van der Waals surface area contributed by atoms with Crippen molar-refractivity contribution in [2.45, 2.75) is 91.1 Å². The molecule has 320 valence electrons. The van der Waals surface area contributed by atoms with Gasteiger partial charge in [0.2, 0.25) is 11.8 Å². The van der Waals surface area contributed by atoms with E-state index in [-0.39, 0.29) is 50.3 Å². The van der Waals surface area contributed by atoms with Crippen molar-refractivity contribution in [3.63, 3.8) is 0 Å². The molecule has 0 spiro atoms. The molecule has 1 aliphatic heterocycles. The maximum absolute atomic E-state index is 14.7. The first kappa shape index (κ1) is 45.1. The number of carbonyl (C=O) groups excluding carboxylic acids is 3. The summed E-state index contributed by atoms with van der Waals surface area (Å²) in [5, 5.41) is 33.1. The third kappa shape index (κ3) is 12.8. The van der Waals surface area contributed by atoms with E-state index in [1.807, 2.05) is 132 Å². The van der Waals surface area contributed by atoms with Gasteiger partial charge in [0, 0.05) is 42.9 Å². The molecule has 0 aliphatic carbocycles. The van der Waals surface area contributed by atoms with Gasteiger partial charge in [-0.3, -0.25) is 14.6 Å². The highest BCUT2D eigenvalue weighted by Crippen LogP contribution is 2.35. The lowest BCUT2D eigenvalue weighted by molar-refractivity contribution is -0.132. The summed E-state index contributed by atoms with van der Waals surface area (Å²) < 4.78 is 5.58. The molecule has 13 heteroatoms. The number of urea groups is 1. The molecule has 3 aromatic carbocycles. The SMILES string of the molecule is COc1ccccc1CN1C(=O)NCC1C(C(=O)NC(Cc1ccccc1)C(O)CC(Cc1ccc(-c2ccccn2)cc1)NC(=O)CC(C)(C)CNC(=O)O)C(C)(C)C. The molecule has 60 heavy (non-hydrogen) atoms. The van der Waals surface area contributed by atoms with Crippen molar-refractivity contribution < 1.29 is 34.1 Å². The number of carbonyl (C=O) groups is 4. The maximum atomic E-state index is 14.7. The number of pyridine rings is 1. The normalized spacial score (nSPS) is 16.2. The number of para-hydroxylation sites is 1. The molecule has 5 unspecified atom stereocenters. The largest absolute Gasteiger partial charge is 0.496 e. The van der Waals surface area contributed by atoms with E-state index in [1.54, 1.807) is 18.2 Å². The molecule has 6 N–H and O–H groups in total. The lowest BCUT2D eigenvalue weighted by atomic mass is 9.75. The predicted molar refractivity (Wildman–Crippen MR) is 231 cm³/mol. The highest BCUT2D eigenvalue weighted by atomic mass is 16.5. The molecule has 0 saturated carbocycles. The molecule has 2 heterocycles. The highest BCUT2D eigenvalue weighted by Gasteiger charge is 2.46. The number of nitrogens with one attached hydrogen (secondary N) is 4. The van der Waals surface area contributed by atoms with E-state index in [0.717, 1.165) is 27.9 Å². The fourth-order valence-electron chi connectivity index (χ4n) is 8.00. The first-order chi connectivity index (χ1) is 28.5. The number of hydrogen-bond acceptors (Lipinski definition) is 7. The summed E-state index contributed by atoms with van der Waals surface area (Å²) in [4.78, 5) is 59.1. The van der Waals surface area contributed by atoms with Crippen molar-refractivity contribution in [3.05, 3.63) is 120 Å². The Labute approximate surface area is 353 Å². The summed E-state index contributed by atoms with van der Waals surface area (Å²) in [7, 11) is 1.58. The molecule has 5 amide bonds. The molecule has 0 radical (unpaired) electrons. The molecule has 13 nitrogen and oxygen atoms in total. The van der Waals surface area contributed by atoms with Crippen molar-refractivity contribution in [2.24, 2.45) is 16.7 Å². The van der Waals surface area contributed by atoms with Crippen LogP contribution in [-0.2, 0) is 29.0 Å². The third-order valence-corrected chi connectivity index (χ3v) is 11.0. The second-order valence-electron chi connectivity index (χ2n) is 17.5. The van der Waals surface area contributed by atoms with Crippen LogP contribution in [-0.4, -0.2) is 88.5 Å². The second-order valence-corrected chi connectivity index (χ2v) is 17.5. The number of rotatable bonds is 19. The molecule has 1 aromatic heterocycles. The van der Waals surface area contributed by atoms with Crippen LogP contribution in [0.5, 0.6) is 5.75 Å². The van der Waals surface area contributed by atoms with Gasteiger partial charge < -0.3 is 41.1 Å². The van der Waals surface area contributed by atoms with Crippen LogP contribution in [0.3, 0.4) is 0 Å². The lowest BCUT2D eigenvalue weighted by Gasteiger charge is -2.39. The number of aliphatic hydroxyl groups excluding tert-OH is 1. The minimum atomic E-state index is -1.17. The van der Waals surface area contributed by atoms with E-state index < -0.39 is 47.1 Å². The smallest absolute Gasteiger partial charge is 0.404 e. The number of aliphatic hydroxyl groups is 1. The number of aromatic nitrogens is 1. The Kier molecular flexibility index (Phi) is 15.3. The number of ether oxygens (including phenoxy) is 1. The van der Waals surface area contributed by atoms with E-state index >= 15 is 0 Å². The average molecular weight is 821 g/mol. The Hall–Kier alpha value is -5.95. The van der Waals surface area contributed by atoms with Gasteiger partial charge in [-0.1, -0.05) is 113 Å². The first-order valence-corrected chi connectivity index (χ1v) is 20.5. The average Bonchev–Trinajstić information content (AvgIpc) is 3.55. The monoisotopic (exact) mass is 820 g/mol. The van der Waals surface area contributed by atoms with Gasteiger partial charge in [-0.25, -0.2) is 9.59 Å². The van der Waals surface area contributed by atoms with E-state index in [2.05, 4.69) is 26.3 Å². The van der Waals surface area contributed by atoms with Gasteiger partial charge in [-0.2, -0.15) is 0 Å². The van der Waals surface area contributed by atoms with Crippen molar-refractivity contribution in [1.29, 1.82) is 0 Å². The molecule has 1 fully saturated rings. The highest BCUT2D eigenvalue weighted by molar-refractivity contribution is 5.84. The van der Waals surface area contributed by atoms with E-state index in [0.29, 0.717) is 18.6 Å². The van der Waals surface area contributed by atoms with Crippen LogP contribution in [0.15, 0.2) is 103 Å². The summed E-state index contributed by atoms with van der Waals surface area (Å²) in [6, 6.07) is 28.6. The van der Waals surface area contributed by atoms with Crippen LogP contribution in [0, 0.1) is 16.7 Å². The van der Waals surface area contributed by atoms with Crippen LogP contribution < -0.4 is 26.0 Å². The zero-order valence-electron chi connectivity index (χ0n) is 35.5. The van der Waals surface area contributed by atoms with Crippen LogP contribution in [0.4, 0.5) is 9.59 Å².